The lowest BCUT2D eigenvalue weighted by Crippen LogP contribution is -2.12. The highest BCUT2D eigenvalue weighted by molar-refractivity contribution is 5.96. The summed E-state index contributed by atoms with van der Waals surface area (Å²) >= 11 is 0. The van der Waals surface area contributed by atoms with Crippen molar-refractivity contribution in [3.05, 3.63) is 235 Å². The fourth-order valence-corrected chi connectivity index (χ4v) is 7.42. The number of hydrogen-bond acceptors (Lipinski definition) is 5. The van der Waals surface area contributed by atoms with Gasteiger partial charge in [-0.15, -0.1) is 0 Å². The molecule has 9 rings (SSSR count). The minimum Gasteiger partial charge on any atom is -0.456 e. The molecular weight excluding hydrogens is 697 g/mol. The summed E-state index contributed by atoms with van der Waals surface area (Å²) in [7, 11) is 0. The molecule has 1 aliphatic heterocycles. The molecule has 1 atom stereocenters. The summed E-state index contributed by atoms with van der Waals surface area (Å²) < 4.78 is 6.34. The van der Waals surface area contributed by atoms with Gasteiger partial charge in [0, 0.05) is 46.0 Å². The minimum atomic E-state index is -0.421. The molecule has 1 aliphatic rings. The van der Waals surface area contributed by atoms with Crippen LogP contribution in [0.3, 0.4) is 0 Å². The van der Waals surface area contributed by atoms with Crippen molar-refractivity contribution in [1.29, 1.82) is 0 Å². The Hall–Kier alpha value is -7.63. The molecule has 0 amide bonds. The fourth-order valence-electron chi connectivity index (χ4n) is 7.42. The smallest absolute Gasteiger partial charge is 0.157 e. The first-order valence-corrected chi connectivity index (χ1v) is 19.0. The molecule has 274 valence electrons. The maximum atomic E-state index is 6.68. The van der Waals surface area contributed by atoms with E-state index in [1.807, 2.05) is 72.9 Å². The van der Waals surface area contributed by atoms with Crippen LogP contribution in [-0.4, -0.2) is 6.21 Å². The van der Waals surface area contributed by atoms with E-state index in [4.69, 9.17) is 15.1 Å². The molecule has 1 aromatic heterocycles. The number of hydrogen-bond donors (Lipinski definition) is 2. The van der Waals surface area contributed by atoms with E-state index in [2.05, 4.69) is 150 Å². The van der Waals surface area contributed by atoms with E-state index in [0.717, 1.165) is 78.2 Å². The maximum Gasteiger partial charge on any atom is 0.157 e. The van der Waals surface area contributed by atoms with E-state index in [-0.39, 0.29) is 0 Å². The number of nitrogens with one attached hydrogen (secondary N) is 1. The van der Waals surface area contributed by atoms with Crippen LogP contribution in [-0.2, 0) is 0 Å². The predicted molar refractivity (Wildman–Crippen MR) is 239 cm³/mol. The van der Waals surface area contributed by atoms with Crippen LogP contribution < -0.4 is 16.0 Å². The molecule has 57 heavy (non-hydrogen) atoms. The normalized spacial score (nSPS) is 14.7. The standard InChI is InChI=1S/C52H40N4O/c1-36-32-41(40-28-29-47(55-42-21-9-4-10-22-42)46(34-40)38-17-5-2-6-18-38)30-31-56(48-26-13-11-24-44(36)48)43-23-15-16-37(33-43)35-54-51(39-19-7-3-8-20-39)52-50(53)45-25-12-14-27-49(45)57-52/h2-35,51,55H,1,53H2/b31-30-,41-32+,54-35+. The lowest BCUT2D eigenvalue weighted by atomic mass is 9.93. The maximum absolute atomic E-state index is 6.68. The summed E-state index contributed by atoms with van der Waals surface area (Å²) in [6.45, 7) is 4.57. The van der Waals surface area contributed by atoms with Gasteiger partial charge in [0.05, 0.1) is 11.4 Å². The highest BCUT2D eigenvalue weighted by atomic mass is 16.3. The van der Waals surface area contributed by atoms with Gasteiger partial charge in [-0.2, -0.15) is 0 Å². The third kappa shape index (κ3) is 7.30. The Morgan fingerprint density at radius 3 is 2.19 bits per heavy atom. The Labute approximate surface area is 333 Å². The lowest BCUT2D eigenvalue weighted by molar-refractivity contribution is 0.529. The van der Waals surface area contributed by atoms with Crippen molar-refractivity contribution in [3.8, 4) is 11.1 Å². The first kappa shape index (κ1) is 35.1. The van der Waals surface area contributed by atoms with E-state index in [9.17, 15) is 0 Å². The molecule has 0 fully saturated rings. The molecule has 5 heteroatoms. The molecular formula is C52H40N4O. The Balaban J connectivity index is 1.08. The van der Waals surface area contributed by atoms with Crippen LogP contribution in [0.5, 0.6) is 0 Å². The van der Waals surface area contributed by atoms with Gasteiger partial charge in [-0.3, -0.25) is 4.99 Å². The Kier molecular flexibility index (Phi) is 9.61. The zero-order chi connectivity index (χ0) is 38.6. The first-order valence-electron chi connectivity index (χ1n) is 19.0. The van der Waals surface area contributed by atoms with E-state index in [0.29, 0.717) is 11.4 Å². The van der Waals surface area contributed by atoms with Crippen LogP contribution in [0.15, 0.2) is 216 Å². The third-order valence-corrected chi connectivity index (χ3v) is 10.3. The quantitative estimate of drug-likeness (QED) is 0.145. The topological polar surface area (TPSA) is 66.8 Å². The summed E-state index contributed by atoms with van der Waals surface area (Å²) in [5, 5.41) is 4.53. The Morgan fingerprint density at radius 2 is 1.39 bits per heavy atom. The van der Waals surface area contributed by atoms with Crippen molar-refractivity contribution in [2.75, 3.05) is 16.0 Å². The molecule has 5 nitrogen and oxygen atoms in total. The number of anilines is 5. The summed E-state index contributed by atoms with van der Waals surface area (Å²) in [6.07, 6.45) is 8.41. The van der Waals surface area contributed by atoms with Crippen molar-refractivity contribution in [2.24, 2.45) is 4.99 Å². The highest BCUT2D eigenvalue weighted by Crippen LogP contribution is 2.40. The number of rotatable bonds is 9. The molecule has 0 bridgehead atoms. The van der Waals surface area contributed by atoms with Gasteiger partial charge in [-0.1, -0.05) is 134 Å². The van der Waals surface area contributed by atoms with Gasteiger partial charge in [-0.05, 0) is 100 Å². The first-order chi connectivity index (χ1) is 28.1. The van der Waals surface area contributed by atoms with Crippen LogP contribution >= 0.6 is 0 Å². The zero-order valence-electron chi connectivity index (χ0n) is 31.3. The molecule has 3 N–H and O–H groups in total. The number of aliphatic imine (C=N–C) groups is 1. The van der Waals surface area contributed by atoms with Gasteiger partial charge in [0.25, 0.3) is 0 Å². The van der Waals surface area contributed by atoms with Crippen molar-refractivity contribution in [2.45, 2.75) is 6.04 Å². The molecule has 1 unspecified atom stereocenters. The van der Waals surface area contributed by atoms with Gasteiger partial charge in [0.1, 0.15) is 11.6 Å². The molecule has 0 aliphatic carbocycles. The van der Waals surface area contributed by atoms with Gasteiger partial charge >= 0.3 is 0 Å². The number of para-hydroxylation sites is 3. The second kappa shape index (κ2) is 15.6. The van der Waals surface area contributed by atoms with E-state index < -0.39 is 6.04 Å². The number of allylic oxidation sites excluding steroid dienone is 4. The van der Waals surface area contributed by atoms with Gasteiger partial charge in [-0.25, -0.2) is 0 Å². The Morgan fingerprint density at radius 1 is 0.667 bits per heavy atom. The van der Waals surface area contributed by atoms with Crippen LogP contribution in [0, 0.1) is 0 Å². The summed E-state index contributed by atoms with van der Waals surface area (Å²) in [5.74, 6) is 0.632. The number of fused-ring (bicyclic) bond motifs is 2. The van der Waals surface area contributed by atoms with Crippen LogP contribution in [0.25, 0.3) is 33.2 Å². The number of nitrogen functional groups attached to an aromatic ring is 1. The van der Waals surface area contributed by atoms with E-state index in [1.165, 1.54) is 0 Å². The predicted octanol–water partition coefficient (Wildman–Crippen LogP) is 13.4. The second-order valence-corrected chi connectivity index (χ2v) is 14.0. The molecule has 0 spiro atoms. The van der Waals surface area contributed by atoms with Crippen LogP contribution in [0.1, 0.15) is 34.1 Å². The average molecular weight is 737 g/mol. The fraction of sp³-hybridized carbons (Fsp3) is 0.0192. The summed E-state index contributed by atoms with van der Waals surface area (Å²) in [6, 6.07) is 61.8. The van der Waals surface area contributed by atoms with E-state index in [1.54, 1.807) is 0 Å². The largest absolute Gasteiger partial charge is 0.456 e. The summed E-state index contributed by atoms with van der Waals surface area (Å²) in [4.78, 5) is 7.34. The molecule has 0 saturated carbocycles. The Bertz CT molecular complexity index is 2800. The average Bonchev–Trinajstić information content (AvgIpc) is 3.59. The molecule has 0 radical (unpaired) electrons. The van der Waals surface area contributed by atoms with Crippen molar-refractivity contribution in [1.82, 2.24) is 0 Å². The van der Waals surface area contributed by atoms with Crippen molar-refractivity contribution >= 4 is 56.8 Å². The van der Waals surface area contributed by atoms with Crippen LogP contribution in [0.2, 0.25) is 0 Å². The number of benzene rings is 7. The van der Waals surface area contributed by atoms with E-state index >= 15 is 0 Å². The van der Waals surface area contributed by atoms with Crippen LogP contribution in [0.4, 0.5) is 28.4 Å². The van der Waals surface area contributed by atoms with Crippen molar-refractivity contribution in [3.63, 3.8) is 0 Å². The number of nitrogens with two attached hydrogens (primary N) is 1. The highest BCUT2D eigenvalue weighted by Gasteiger charge is 2.22. The molecule has 2 heterocycles. The minimum absolute atomic E-state index is 0.421. The molecule has 8 aromatic rings. The third-order valence-electron chi connectivity index (χ3n) is 10.3. The monoisotopic (exact) mass is 736 g/mol. The summed E-state index contributed by atoms with van der Waals surface area (Å²) in [5.41, 5.74) is 20.4. The number of nitrogens with zero attached hydrogens (tertiary/aromatic N) is 2. The zero-order valence-corrected chi connectivity index (χ0v) is 31.3. The SMILES string of the molecule is C=C1/C=C(c2ccc(Nc3ccccc3)c(-c3ccccc3)c2)\C=C/N(c2cccc(/C=N/C(c3ccccc3)c3oc4ccccc4c3N)c2)c2ccccc21. The van der Waals surface area contributed by atoms with Gasteiger partial charge in [0.15, 0.2) is 5.76 Å². The van der Waals surface area contributed by atoms with Gasteiger partial charge in [0.2, 0.25) is 0 Å². The molecule has 0 saturated heterocycles. The molecule has 7 aromatic carbocycles. The van der Waals surface area contributed by atoms with Crippen molar-refractivity contribution < 1.29 is 4.42 Å². The lowest BCUT2D eigenvalue weighted by Gasteiger charge is -2.26. The number of furan rings is 1. The second-order valence-electron chi connectivity index (χ2n) is 14.0. The van der Waals surface area contributed by atoms with Gasteiger partial charge < -0.3 is 20.4 Å².